The second kappa shape index (κ2) is 12.5. The van der Waals surface area contributed by atoms with E-state index in [1.807, 2.05) is 32.9 Å². The molecule has 198 valence electrons. The highest BCUT2D eigenvalue weighted by atomic mass is 35.5. The van der Waals surface area contributed by atoms with Crippen molar-refractivity contribution in [1.29, 1.82) is 0 Å². The van der Waals surface area contributed by atoms with E-state index in [1.165, 1.54) is 16.3 Å². The summed E-state index contributed by atoms with van der Waals surface area (Å²) in [6.45, 7) is 7.66. The number of sulfonamides is 1. The molecule has 0 saturated carbocycles. The molecule has 0 heterocycles. The standard InChI is InChI=1S/C26H36ClN3O5S/c1-19(25(32)28-26(2,3)4)29(18-20-9-11-21(27)12-10-20)24(31)8-7-17-30(36(6,33)34)22-13-15-23(35-5)16-14-22/h9-16,19H,7-8,17-18H2,1-6H3,(H,28,32)/t19-/m1/s1. The molecule has 0 saturated heterocycles. The average Bonchev–Trinajstić information content (AvgIpc) is 2.79. The summed E-state index contributed by atoms with van der Waals surface area (Å²) in [4.78, 5) is 27.7. The Morgan fingerprint density at radius 2 is 1.64 bits per heavy atom. The van der Waals surface area contributed by atoms with Crippen LogP contribution in [-0.2, 0) is 26.2 Å². The predicted molar refractivity (Wildman–Crippen MR) is 144 cm³/mol. The molecule has 0 fully saturated rings. The van der Waals surface area contributed by atoms with Gasteiger partial charge >= 0.3 is 0 Å². The number of hydrogen-bond donors (Lipinski definition) is 1. The third-order valence-electron chi connectivity index (χ3n) is 5.44. The molecule has 0 bridgehead atoms. The summed E-state index contributed by atoms with van der Waals surface area (Å²) in [6, 6.07) is 13.1. The van der Waals surface area contributed by atoms with E-state index in [4.69, 9.17) is 16.3 Å². The molecule has 0 aliphatic rings. The van der Waals surface area contributed by atoms with Gasteiger partial charge in [0, 0.05) is 30.1 Å². The van der Waals surface area contributed by atoms with Gasteiger partial charge in [0.15, 0.2) is 0 Å². The van der Waals surface area contributed by atoms with Crippen LogP contribution in [0.3, 0.4) is 0 Å². The highest BCUT2D eigenvalue weighted by molar-refractivity contribution is 7.92. The Morgan fingerprint density at radius 1 is 1.06 bits per heavy atom. The summed E-state index contributed by atoms with van der Waals surface area (Å²) < 4.78 is 31.3. The van der Waals surface area contributed by atoms with Crippen LogP contribution in [-0.4, -0.2) is 56.6 Å². The molecule has 2 amide bonds. The molecule has 1 atom stereocenters. The van der Waals surface area contributed by atoms with Crippen molar-refractivity contribution in [2.75, 3.05) is 24.2 Å². The van der Waals surface area contributed by atoms with Crippen LogP contribution in [0.5, 0.6) is 5.75 Å². The molecule has 10 heteroatoms. The Morgan fingerprint density at radius 3 is 2.14 bits per heavy atom. The van der Waals surface area contributed by atoms with E-state index in [-0.39, 0.29) is 37.7 Å². The van der Waals surface area contributed by atoms with Gasteiger partial charge in [-0.2, -0.15) is 0 Å². The molecule has 0 unspecified atom stereocenters. The Kier molecular flexibility index (Phi) is 10.2. The molecule has 0 aromatic heterocycles. The summed E-state index contributed by atoms with van der Waals surface area (Å²) in [6.07, 6.45) is 1.48. The molecule has 0 radical (unpaired) electrons. The maximum Gasteiger partial charge on any atom is 0.242 e. The average molecular weight is 538 g/mol. The Hall–Kier alpha value is -2.78. The number of methoxy groups -OCH3 is 1. The van der Waals surface area contributed by atoms with Gasteiger partial charge in [-0.05, 0) is 76.1 Å². The zero-order valence-electron chi connectivity index (χ0n) is 21.7. The maximum absolute atomic E-state index is 13.3. The van der Waals surface area contributed by atoms with Gasteiger partial charge in [0.2, 0.25) is 21.8 Å². The van der Waals surface area contributed by atoms with Crippen LogP contribution < -0.4 is 14.4 Å². The molecule has 2 aromatic carbocycles. The van der Waals surface area contributed by atoms with Crippen LogP contribution in [0.25, 0.3) is 0 Å². The maximum atomic E-state index is 13.3. The quantitative estimate of drug-likeness (QED) is 0.463. The monoisotopic (exact) mass is 537 g/mol. The van der Waals surface area contributed by atoms with Crippen LogP contribution in [0, 0.1) is 0 Å². The van der Waals surface area contributed by atoms with Gasteiger partial charge in [-0.1, -0.05) is 23.7 Å². The summed E-state index contributed by atoms with van der Waals surface area (Å²) >= 11 is 5.99. The lowest BCUT2D eigenvalue weighted by Gasteiger charge is -2.32. The summed E-state index contributed by atoms with van der Waals surface area (Å²) in [5.41, 5.74) is 0.871. The van der Waals surface area contributed by atoms with Crippen LogP contribution in [0.1, 0.15) is 46.1 Å². The van der Waals surface area contributed by atoms with Crippen molar-refractivity contribution in [3.05, 3.63) is 59.1 Å². The van der Waals surface area contributed by atoms with E-state index in [0.29, 0.717) is 16.5 Å². The van der Waals surface area contributed by atoms with Gasteiger partial charge in [0.25, 0.3) is 0 Å². The molecule has 1 N–H and O–H groups in total. The third-order valence-corrected chi connectivity index (χ3v) is 6.89. The molecule has 2 rings (SSSR count). The Labute approximate surface area is 219 Å². The van der Waals surface area contributed by atoms with Crippen molar-refractivity contribution in [2.24, 2.45) is 0 Å². The largest absolute Gasteiger partial charge is 0.497 e. The first-order chi connectivity index (χ1) is 16.7. The fraction of sp³-hybridized carbons (Fsp3) is 0.462. The van der Waals surface area contributed by atoms with Crippen molar-refractivity contribution in [3.63, 3.8) is 0 Å². The molecule has 0 aliphatic heterocycles. The first-order valence-electron chi connectivity index (χ1n) is 11.7. The smallest absolute Gasteiger partial charge is 0.242 e. The van der Waals surface area contributed by atoms with Crippen LogP contribution in [0.2, 0.25) is 5.02 Å². The lowest BCUT2D eigenvalue weighted by molar-refractivity contribution is -0.141. The number of benzene rings is 2. The van der Waals surface area contributed by atoms with Gasteiger partial charge in [0.1, 0.15) is 11.8 Å². The van der Waals surface area contributed by atoms with E-state index in [9.17, 15) is 18.0 Å². The number of ether oxygens (including phenoxy) is 1. The predicted octanol–water partition coefficient (Wildman–Crippen LogP) is 4.23. The zero-order valence-corrected chi connectivity index (χ0v) is 23.3. The normalized spacial score (nSPS) is 12.5. The topological polar surface area (TPSA) is 96.0 Å². The number of halogens is 1. The minimum atomic E-state index is -3.57. The lowest BCUT2D eigenvalue weighted by atomic mass is 10.1. The third kappa shape index (κ3) is 9.02. The van der Waals surface area contributed by atoms with E-state index in [0.717, 1.165) is 11.8 Å². The number of carbonyl (C=O) groups is 2. The zero-order chi connectivity index (χ0) is 27.1. The van der Waals surface area contributed by atoms with E-state index < -0.39 is 21.6 Å². The fourth-order valence-corrected chi connectivity index (χ4v) is 4.69. The molecular weight excluding hydrogens is 502 g/mol. The minimum Gasteiger partial charge on any atom is -0.497 e. The summed E-state index contributed by atoms with van der Waals surface area (Å²) in [5, 5.41) is 3.50. The SMILES string of the molecule is COc1ccc(N(CCCC(=O)N(Cc2ccc(Cl)cc2)[C@H](C)C(=O)NC(C)(C)C)S(C)(=O)=O)cc1. The molecule has 36 heavy (non-hydrogen) atoms. The van der Waals surface area contributed by atoms with Crippen molar-refractivity contribution in [3.8, 4) is 5.75 Å². The van der Waals surface area contributed by atoms with Crippen molar-refractivity contribution in [2.45, 2.75) is 58.7 Å². The Balaban J connectivity index is 2.17. The molecule has 2 aromatic rings. The minimum absolute atomic E-state index is 0.0723. The highest BCUT2D eigenvalue weighted by Gasteiger charge is 2.28. The van der Waals surface area contributed by atoms with Crippen LogP contribution in [0.4, 0.5) is 5.69 Å². The number of nitrogens with one attached hydrogen (secondary N) is 1. The van der Waals surface area contributed by atoms with Crippen molar-refractivity contribution < 1.29 is 22.7 Å². The van der Waals surface area contributed by atoms with Gasteiger partial charge in [-0.25, -0.2) is 8.42 Å². The first-order valence-corrected chi connectivity index (χ1v) is 13.9. The van der Waals surface area contributed by atoms with Gasteiger partial charge in [-0.3, -0.25) is 13.9 Å². The van der Waals surface area contributed by atoms with Gasteiger partial charge in [0.05, 0.1) is 19.1 Å². The highest BCUT2D eigenvalue weighted by Crippen LogP contribution is 2.22. The number of anilines is 1. The second-order valence-electron chi connectivity index (χ2n) is 9.70. The Bertz CT molecular complexity index is 1130. The lowest BCUT2D eigenvalue weighted by Crippen LogP contribution is -2.52. The fourth-order valence-electron chi connectivity index (χ4n) is 3.60. The van der Waals surface area contributed by atoms with E-state index in [2.05, 4.69) is 5.32 Å². The van der Waals surface area contributed by atoms with E-state index in [1.54, 1.807) is 43.3 Å². The van der Waals surface area contributed by atoms with Crippen LogP contribution >= 0.6 is 11.6 Å². The summed E-state index contributed by atoms with van der Waals surface area (Å²) in [5.74, 6) is 0.105. The number of carbonyl (C=O) groups excluding carboxylic acids is 2. The number of amides is 2. The second-order valence-corrected chi connectivity index (χ2v) is 12.0. The number of nitrogens with zero attached hydrogens (tertiary/aromatic N) is 2. The summed E-state index contributed by atoms with van der Waals surface area (Å²) in [7, 11) is -2.03. The van der Waals surface area contributed by atoms with Crippen molar-refractivity contribution >= 4 is 39.1 Å². The van der Waals surface area contributed by atoms with Gasteiger partial charge < -0.3 is 15.0 Å². The van der Waals surface area contributed by atoms with Crippen LogP contribution in [0.15, 0.2) is 48.5 Å². The molecular formula is C26H36ClN3O5S. The molecule has 8 nitrogen and oxygen atoms in total. The van der Waals surface area contributed by atoms with Gasteiger partial charge in [-0.15, -0.1) is 0 Å². The molecule has 0 spiro atoms. The first kappa shape index (κ1) is 29.5. The number of rotatable bonds is 11. The number of hydrogen-bond acceptors (Lipinski definition) is 5. The van der Waals surface area contributed by atoms with Crippen molar-refractivity contribution in [1.82, 2.24) is 10.2 Å². The molecule has 0 aliphatic carbocycles. The van der Waals surface area contributed by atoms with E-state index >= 15 is 0 Å².